The summed E-state index contributed by atoms with van der Waals surface area (Å²) in [5.74, 6) is 0.535. The predicted octanol–water partition coefficient (Wildman–Crippen LogP) is 5.53. The molecule has 0 atom stereocenters. The van der Waals surface area contributed by atoms with E-state index in [2.05, 4.69) is 29.4 Å². The number of anilines is 1. The van der Waals surface area contributed by atoms with E-state index in [-0.39, 0.29) is 17.5 Å². The SMILES string of the molecule is CCOc1ccc(NC(=O)c2nnc3c(-c4cccc(Cl)c4)c(C(C)C)nn3c2C)cc1. The summed E-state index contributed by atoms with van der Waals surface area (Å²) in [7, 11) is 0. The Balaban J connectivity index is 1.73. The monoisotopic (exact) mass is 449 g/mol. The Bertz CT molecular complexity index is 1280. The maximum atomic E-state index is 12.9. The molecule has 0 saturated carbocycles. The van der Waals surface area contributed by atoms with Gasteiger partial charge in [0, 0.05) is 10.7 Å². The number of amides is 1. The van der Waals surface area contributed by atoms with Crippen molar-refractivity contribution in [3.8, 4) is 16.9 Å². The van der Waals surface area contributed by atoms with Crippen LogP contribution in [-0.4, -0.2) is 32.3 Å². The molecule has 2 aromatic carbocycles. The number of carbonyl (C=O) groups excluding carboxylic acids is 1. The molecule has 1 amide bonds. The molecule has 2 aromatic heterocycles. The highest BCUT2D eigenvalue weighted by atomic mass is 35.5. The van der Waals surface area contributed by atoms with Crippen LogP contribution in [-0.2, 0) is 0 Å². The first kappa shape index (κ1) is 21.8. The number of carbonyl (C=O) groups is 1. The van der Waals surface area contributed by atoms with Crippen molar-refractivity contribution < 1.29 is 9.53 Å². The van der Waals surface area contributed by atoms with Gasteiger partial charge in [-0.2, -0.15) is 5.10 Å². The second kappa shape index (κ2) is 8.96. The second-order valence-corrected chi connectivity index (χ2v) is 8.14. The third-order valence-corrected chi connectivity index (χ3v) is 5.33. The average Bonchev–Trinajstić information content (AvgIpc) is 3.16. The first-order chi connectivity index (χ1) is 15.4. The maximum Gasteiger partial charge on any atom is 0.278 e. The largest absolute Gasteiger partial charge is 0.494 e. The fourth-order valence-electron chi connectivity index (χ4n) is 3.55. The molecule has 8 heteroatoms. The number of rotatable bonds is 6. The number of halogens is 1. The molecule has 0 aliphatic rings. The highest BCUT2D eigenvalue weighted by molar-refractivity contribution is 6.30. The van der Waals surface area contributed by atoms with E-state index in [0.717, 1.165) is 22.6 Å². The van der Waals surface area contributed by atoms with Crippen molar-refractivity contribution >= 4 is 28.8 Å². The van der Waals surface area contributed by atoms with Crippen molar-refractivity contribution in [3.63, 3.8) is 0 Å². The minimum atomic E-state index is -0.355. The van der Waals surface area contributed by atoms with Gasteiger partial charge in [0.25, 0.3) is 5.91 Å². The van der Waals surface area contributed by atoms with Gasteiger partial charge >= 0.3 is 0 Å². The molecule has 4 aromatic rings. The van der Waals surface area contributed by atoms with Gasteiger partial charge in [0.15, 0.2) is 11.3 Å². The minimum Gasteiger partial charge on any atom is -0.494 e. The highest BCUT2D eigenvalue weighted by Crippen LogP contribution is 2.33. The topological polar surface area (TPSA) is 81.4 Å². The fourth-order valence-corrected chi connectivity index (χ4v) is 3.74. The summed E-state index contributed by atoms with van der Waals surface area (Å²) in [5, 5.41) is 16.9. The lowest BCUT2D eigenvalue weighted by Crippen LogP contribution is -2.18. The van der Waals surface area contributed by atoms with Crippen molar-refractivity contribution in [1.29, 1.82) is 0 Å². The van der Waals surface area contributed by atoms with Gasteiger partial charge in [0.1, 0.15) is 5.75 Å². The number of nitrogens with one attached hydrogen (secondary N) is 1. The van der Waals surface area contributed by atoms with Gasteiger partial charge in [-0.25, -0.2) is 4.52 Å². The van der Waals surface area contributed by atoms with E-state index in [9.17, 15) is 4.79 Å². The van der Waals surface area contributed by atoms with E-state index in [0.29, 0.717) is 28.7 Å². The summed E-state index contributed by atoms with van der Waals surface area (Å²) >= 11 is 6.22. The minimum absolute atomic E-state index is 0.145. The van der Waals surface area contributed by atoms with E-state index in [1.807, 2.05) is 38.1 Å². The molecule has 0 aliphatic carbocycles. The lowest BCUT2D eigenvalue weighted by molar-refractivity contribution is 0.102. The van der Waals surface area contributed by atoms with Crippen LogP contribution in [0.2, 0.25) is 5.02 Å². The molecule has 2 heterocycles. The van der Waals surface area contributed by atoms with Crippen LogP contribution in [0.3, 0.4) is 0 Å². The van der Waals surface area contributed by atoms with E-state index in [4.69, 9.17) is 21.4 Å². The van der Waals surface area contributed by atoms with Crippen LogP contribution in [0.4, 0.5) is 5.69 Å². The second-order valence-electron chi connectivity index (χ2n) is 7.71. The predicted molar refractivity (Wildman–Crippen MR) is 126 cm³/mol. The van der Waals surface area contributed by atoms with Crippen molar-refractivity contribution in [1.82, 2.24) is 19.8 Å². The number of fused-ring (bicyclic) bond motifs is 1. The molecule has 164 valence electrons. The molecule has 0 spiro atoms. The van der Waals surface area contributed by atoms with Gasteiger partial charge in [-0.1, -0.05) is 37.6 Å². The van der Waals surface area contributed by atoms with Gasteiger partial charge in [-0.15, -0.1) is 10.2 Å². The van der Waals surface area contributed by atoms with Gasteiger partial charge < -0.3 is 10.1 Å². The summed E-state index contributed by atoms with van der Waals surface area (Å²) in [6.07, 6.45) is 0. The summed E-state index contributed by atoms with van der Waals surface area (Å²) in [6, 6.07) is 14.8. The Morgan fingerprint density at radius 1 is 1.16 bits per heavy atom. The molecule has 0 aliphatic heterocycles. The molecule has 0 unspecified atom stereocenters. The Morgan fingerprint density at radius 2 is 1.91 bits per heavy atom. The number of ether oxygens (including phenoxy) is 1. The molecule has 0 bridgehead atoms. The van der Waals surface area contributed by atoms with Gasteiger partial charge in [0.2, 0.25) is 0 Å². The van der Waals surface area contributed by atoms with Crippen LogP contribution in [0.15, 0.2) is 48.5 Å². The number of benzene rings is 2. The van der Waals surface area contributed by atoms with Gasteiger partial charge in [0.05, 0.1) is 23.6 Å². The zero-order valence-electron chi connectivity index (χ0n) is 18.4. The third-order valence-electron chi connectivity index (χ3n) is 5.09. The summed E-state index contributed by atoms with van der Waals surface area (Å²) in [4.78, 5) is 12.9. The Kier molecular flexibility index (Phi) is 6.10. The zero-order valence-corrected chi connectivity index (χ0v) is 19.1. The number of nitrogens with zero attached hydrogens (tertiary/aromatic N) is 4. The number of aromatic nitrogens is 4. The summed E-state index contributed by atoms with van der Waals surface area (Å²) < 4.78 is 7.13. The number of aryl methyl sites for hydroxylation is 1. The normalized spacial score (nSPS) is 11.2. The van der Waals surface area contributed by atoms with Crippen LogP contribution >= 0.6 is 11.6 Å². The maximum absolute atomic E-state index is 12.9. The lowest BCUT2D eigenvalue weighted by Gasteiger charge is -2.09. The first-order valence-electron chi connectivity index (χ1n) is 10.4. The average molecular weight is 450 g/mol. The standard InChI is InChI=1S/C24H24ClN5O2/c1-5-32-19-11-9-18(10-12-19)26-24(31)22-15(4)30-23(28-27-22)20(21(29-30)14(2)3)16-7-6-8-17(25)13-16/h6-14H,5H2,1-4H3,(H,26,31). The van der Waals surface area contributed by atoms with E-state index in [1.165, 1.54) is 0 Å². The van der Waals surface area contributed by atoms with Crippen LogP contribution in [0, 0.1) is 6.92 Å². The molecule has 4 rings (SSSR count). The van der Waals surface area contributed by atoms with E-state index < -0.39 is 0 Å². The molecule has 0 fully saturated rings. The molecule has 1 N–H and O–H groups in total. The van der Waals surface area contributed by atoms with Gasteiger partial charge in [-0.05, 0) is 61.7 Å². The molecule has 32 heavy (non-hydrogen) atoms. The molecule has 7 nitrogen and oxygen atoms in total. The van der Waals surface area contributed by atoms with Crippen molar-refractivity contribution in [2.45, 2.75) is 33.6 Å². The van der Waals surface area contributed by atoms with Crippen molar-refractivity contribution in [2.24, 2.45) is 0 Å². The Morgan fingerprint density at radius 3 is 2.56 bits per heavy atom. The van der Waals surface area contributed by atoms with Crippen molar-refractivity contribution in [3.05, 3.63) is 70.6 Å². The van der Waals surface area contributed by atoms with Crippen LogP contribution in [0.25, 0.3) is 16.8 Å². The fraction of sp³-hybridized carbons (Fsp3) is 0.250. The van der Waals surface area contributed by atoms with Gasteiger partial charge in [-0.3, -0.25) is 4.79 Å². The molecule has 0 saturated heterocycles. The Hall–Kier alpha value is -3.45. The zero-order chi connectivity index (χ0) is 22.8. The summed E-state index contributed by atoms with van der Waals surface area (Å²) in [6.45, 7) is 8.45. The van der Waals surface area contributed by atoms with Crippen LogP contribution in [0.5, 0.6) is 5.75 Å². The molecular formula is C24H24ClN5O2. The molecule has 0 radical (unpaired) electrons. The van der Waals surface area contributed by atoms with E-state index in [1.54, 1.807) is 28.8 Å². The van der Waals surface area contributed by atoms with E-state index >= 15 is 0 Å². The first-order valence-corrected chi connectivity index (χ1v) is 10.8. The molecular weight excluding hydrogens is 426 g/mol. The smallest absolute Gasteiger partial charge is 0.278 e. The number of hydrogen-bond acceptors (Lipinski definition) is 5. The van der Waals surface area contributed by atoms with Crippen LogP contribution < -0.4 is 10.1 Å². The van der Waals surface area contributed by atoms with Crippen LogP contribution in [0.1, 0.15) is 48.6 Å². The van der Waals surface area contributed by atoms with Crippen molar-refractivity contribution in [2.75, 3.05) is 11.9 Å². The lowest BCUT2D eigenvalue weighted by atomic mass is 10.00. The Labute approximate surface area is 191 Å². The number of hydrogen-bond donors (Lipinski definition) is 1. The summed E-state index contributed by atoms with van der Waals surface area (Å²) in [5.41, 5.74) is 4.70. The quantitative estimate of drug-likeness (QED) is 0.418. The third kappa shape index (κ3) is 4.16. The highest BCUT2D eigenvalue weighted by Gasteiger charge is 2.23.